The fraction of sp³-hybridized carbons (Fsp3) is 1.00. The van der Waals surface area contributed by atoms with Crippen LogP contribution in [0.15, 0.2) is 0 Å². The van der Waals surface area contributed by atoms with Gasteiger partial charge in [0.2, 0.25) is 0 Å². The molecular weight excluding hydrogens is 180 g/mol. The third-order valence-corrected chi connectivity index (χ3v) is 0. The topological polar surface area (TPSA) is 0 Å². The normalized spacial score (nSPS) is 5.20. The molecular formula is C15H42. The maximum Gasteiger partial charge on any atom is -0.0500 e. The van der Waals surface area contributed by atoms with Crippen LogP contribution in [0.2, 0.25) is 0 Å². The zero-order valence-corrected chi connectivity index (χ0v) is 14.3. The molecule has 0 spiro atoms. The van der Waals surface area contributed by atoms with Crippen LogP contribution >= 0.6 is 0 Å². The summed E-state index contributed by atoms with van der Waals surface area (Å²) < 4.78 is 0. The lowest BCUT2D eigenvalue weighted by molar-refractivity contribution is 0.737. The van der Waals surface area contributed by atoms with Crippen molar-refractivity contribution in [2.75, 3.05) is 0 Å². The molecule has 0 atom stereocenters. The lowest BCUT2D eigenvalue weighted by atomic mass is 10.3. The van der Waals surface area contributed by atoms with Crippen molar-refractivity contribution >= 4 is 0 Å². The van der Waals surface area contributed by atoms with Gasteiger partial charge in [0.1, 0.15) is 0 Å². The molecule has 0 aromatic heterocycles. The molecule has 0 fully saturated rings. The Labute approximate surface area is 103 Å². The van der Waals surface area contributed by atoms with Crippen molar-refractivity contribution in [3.05, 3.63) is 0 Å². The third-order valence-electron chi connectivity index (χ3n) is 0. The number of hydrogen-bond acceptors (Lipinski definition) is 0. The average Bonchev–Trinajstić information content (AvgIpc) is 2.29. The summed E-state index contributed by atoms with van der Waals surface area (Å²) >= 11 is 0. The fourth-order valence-corrected chi connectivity index (χ4v) is 0. The zero-order chi connectivity index (χ0) is 14.3. The molecule has 0 rings (SSSR count). The van der Waals surface area contributed by atoms with E-state index < -0.39 is 0 Å². The Balaban J connectivity index is -0.0000000168. The molecule has 0 radical (unpaired) electrons. The summed E-state index contributed by atoms with van der Waals surface area (Å²) in [6, 6.07) is 0. The number of rotatable bonds is 0. The van der Waals surface area contributed by atoms with E-state index in [9.17, 15) is 0 Å². The first-order chi connectivity index (χ1) is 7.15. The maximum absolute atomic E-state index is 2.17. The van der Waals surface area contributed by atoms with Gasteiger partial charge in [-0.15, -0.1) is 0 Å². The van der Waals surface area contributed by atoms with Crippen LogP contribution in [-0.2, 0) is 0 Å². The quantitative estimate of drug-likeness (QED) is 0.407. The molecule has 0 amide bonds. The predicted molar refractivity (Wildman–Crippen MR) is 81.9 cm³/mol. The molecule has 0 saturated carbocycles. The third kappa shape index (κ3) is 0. The Kier molecular flexibility index (Phi) is 358. The van der Waals surface area contributed by atoms with E-state index in [0.29, 0.717) is 0 Å². The molecule has 15 heavy (non-hydrogen) atoms. The van der Waals surface area contributed by atoms with Crippen molar-refractivity contribution < 1.29 is 0 Å². The van der Waals surface area contributed by atoms with Gasteiger partial charge in [-0.1, -0.05) is 96.4 Å². The molecule has 0 aliphatic rings. The Bertz CT molecular complexity index is 11.2. The van der Waals surface area contributed by atoms with Crippen molar-refractivity contribution in [1.82, 2.24) is 0 Å². The van der Waals surface area contributed by atoms with Gasteiger partial charge >= 0.3 is 0 Å². The Hall–Kier alpha value is 0. The average molecular weight is 223 g/mol. The monoisotopic (exact) mass is 222 g/mol. The minimum Gasteiger partial charge on any atom is -0.0683 e. The Morgan fingerprint density at radius 3 is 0.533 bits per heavy atom. The SMILES string of the molecule is CC.CC.CC.CC.CC(C)C.CCC. The number of hydrogen-bond donors (Lipinski definition) is 0. The molecule has 0 aliphatic carbocycles. The summed E-state index contributed by atoms with van der Waals surface area (Å²) in [7, 11) is 0. The molecule has 0 heteroatoms. The van der Waals surface area contributed by atoms with E-state index in [0.717, 1.165) is 5.92 Å². The van der Waals surface area contributed by atoms with E-state index in [1.165, 1.54) is 6.42 Å². The molecule has 0 saturated heterocycles. The molecule has 0 heterocycles. The molecule has 0 nitrogen and oxygen atoms in total. The molecule has 0 bridgehead atoms. The molecule has 0 unspecified atom stereocenters. The first kappa shape index (κ1) is 36.3. The van der Waals surface area contributed by atoms with Gasteiger partial charge in [0.25, 0.3) is 0 Å². The molecule has 0 aromatic rings. The molecule has 0 N–H and O–H groups in total. The standard InChI is InChI=1S/C4H10.C3H8.4C2H6/c1-4(2)3;1-3-2;4*1-2/h4H,1-3H3;3H2,1-2H3;4*1-2H3. The molecule has 0 aliphatic heterocycles. The second-order valence-corrected chi connectivity index (χ2v) is 2.44. The van der Waals surface area contributed by atoms with Crippen molar-refractivity contribution in [3.8, 4) is 0 Å². The van der Waals surface area contributed by atoms with Crippen LogP contribution in [-0.4, -0.2) is 0 Å². The Morgan fingerprint density at radius 2 is 0.533 bits per heavy atom. The minimum absolute atomic E-state index is 0.833. The summed E-state index contributed by atoms with van der Waals surface area (Å²) in [4.78, 5) is 0. The van der Waals surface area contributed by atoms with Gasteiger partial charge in [0.05, 0.1) is 0 Å². The second-order valence-electron chi connectivity index (χ2n) is 2.44. The maximum atomic E-state index is 2.17. The van der Waals surface area contributed by atoms with Crippen LogP contribution in [0.5, 0.6) is 0 Å². The van der Waals surface area contributed by atoms with E-state index in [-0.39, 0.29) is 0 Å². The first-order valence-electron chi connectivity index (χ1n) is 7.15. The first-order valence-corrected chi connectivity index (χ1v) is 7.15. The highest BCUT2D eigenvalue weighted by Crippen LogP contribution is 1.81. The molecule has 0 aromatic carbocycles. The van der Waals surface area contributed by atoms with Crippen LogP contribution < -0.4 is 0 Å². The highest BCUT2D eigenvalue weighted by molar-refractivity contribution is 4.20. The van der Waals surface area contributed by atoms with Crippen molar-refractivity contribution in [1.29, 1.82) is 0 Å². The van der Waals surface area contributed by atoms with Crippen LogP contribution in [0, 0.1) is 5.92 Å². The van der Waals surface area contributed by atoms with E-state index in [1.807, 2.05) is 55.4 Å². The summed E-state index contributed by atoms with van der Waals surface area (Å²) in [5, 5.41) is 0. The van der Waals surface area contributed by atoms with Crippen molar-refractivity contribution in [2.24, 2.45) is 5.92 Å². The largest absolute Gasteiger partial charge is 0.0683 e. The van der Waals surface area contributed by atoms with E-state index in [1.54, 1.807) is 0 Å². The minimum atomic E-state index is 0.833. The van der Waals surface area contributed by atoms with Crippen molar-refractivity contribution in [3.63, 3.8) is 0 Å². The highest BCUT2D eigenvalue weighted by Gasteiger charge is 1.68. The summed E-state index contributed by atoms with van der Waals surface area (Å²) in [5.74, 6) is 0.833. The van der Waals surface area contributed by atoms with E-state index >= 15 is 0 Å². The van der Waals surface area contributed by atoms with E-state index in [2.05, 4.69) is 34.6 Å². The van der Waals surface area contributed by atoms with Crippen LogP contribution in [0.3, 0.4) is 0 Å². The van der Waals surface area contributed by atoms with Gasteiger partial charge in [-0.05, 0) is 5.92 Å². The Morgan fingerprint density at radius 1 is 0.533 bits per heavy atom. The van der Waals surface area contributed by atoms with E-state index in [4.69, 9.17) is 0 Å². The lowest BCUT2D eigenvalue weighted by Gasteiger charge is -1.79. The molecule has 102 valence electrons. The van der Waals surface area contributed by atoms with Gasteiger partial charge in [0, 0.05) is 0 Å². The summed E-state index contributed by atoms with van der Waals surface area (Å²) in [6.07, 6.45) is 1.25. The van der Waals surface area contributed by atoms with Gasteiger partial charge < -0.3 is 0 Å². The summed E-state index contributed by atoms with van der Waals surface area (Å²) in [5.41, 5.74) is 0. The van der Waals surface area contributed by atoms with Crippen LogP contribution in [0.1, 0.15) is 96.4 Å². The van der Waals surface area contributed by atoms with Gasteiger partial charge in [-0.2, -0.15) is 0 Å². The summed E-state index contributed by atoms with van der Waals surface area (Å²) in [6.45, 7) is 26.8. The second kappa shape index (κ2) is 148. The fourth-order valence-electron chi connectivity index (χ4n) is 0. The van der Waals surface area contributed by atoms with Gasteiger partial charge in [0.15, 0.2) is 0 Å². The highest BCUT2D eigenvalue weighted by atomic mass is 13.7. The smallest absolute Gasteiger partial charge is 0.0500 e. The van der Waals surface area contributed by atoms with Crippen LogP contribution in [0.4, 0.5) is 0 Å². The van der Waals surface area contributed by atoms with Gasteiger partial charge in [-0.3, -0.25) is 0 Å². The zero-order valence-electron chi connectivity index (χ0n) is 14.3. The van der Waals surface area contributed by atoms with Crippen molar-refractivity contribution in [2.45, 2.75) is 96.4 Å². The lowest BCUT2D eigenvalue weighted by Crippen LogP contribution is -1.66. The van der Waals surface area contributed by atoms with Crippen LogP contribution in [0.25, 0.3) is 0 Å². The van der Waals surface area contributed by atoms with Gasteiger partial charge in [-0.25, -0.2) is 0 Å². The predicted octanol–water partition coefficient (Wildman–Crippen LogP) is 7.18.